The van der Waals surface area contributed by atoms with E-state index in [9.17, 15) is 9.18 Å². The van der Waals surface area contributed by atoms with Crippen molar-refractivity contribution >= 4 is 17.4 Å². The van der Waals surface area contributed by atoms with Gasteiger partial charge >= 0.3 is 0 Å². The Balaban J connectivity index is 1.56. The van der Waals surface area contributed by atoms with Crippen LogP contribution in [0.3, 0.4) is 0 Å². The molecule has 1 aliphatic rings. The number of aromatic nitrogens is 1. The van der Waals surface area contributed by atoms with E-state index in [4.69, 9.17) is 5.26 Å². The second-order valence-electron chi connectivity index (χ2n) is 6.23. The Kier molecular flexibility index (Phi) is 4.94. The number of anilines is 2. The molecule has 0 atom stereocenters. The van der Waals surface area contributed by atoms with E-state index in [0.717, 1.165) is 18.9 Å². The third-order valence-electron chi connectivity index (χ3n) is 4.51. The van der Waals surface area contributed by atoms with Crippen LogP contribution in [0.2, 0.25) is 0 Å². The molecule has 0 bridgehead atoms. The Hall–Kier alpha value is -2.94. The van der Waals surface area contributed by atoms with Crippen LogP contribution in [0.25, 0.3) is 0 Å². The molecule has 1 N–H and O–H groups in total. The van der Waals surface area contributed by atoms with Crippen LogP contribution in [0.1, 0.15) is 24.0 Å². The summed E-state index contributed by atoms with van der Waals surface area (Å²) >= 11 is 0. The number of rotatable bonds is 3. The monoisotopic (exact) mass is 338 g/mol. The van der Waals surface area contributed by atoms with Crippen LogP contribution < -0.4 is 10.2 Å². The standard InChI is InChI=1S/C19H19FN4O/c1-13-2-4-16(10-17(13)20)23-19(25)15-6-8-24(9-7-15)18-5-3-14(11-21)12-22-18/h2-5,10,12,15H,6-9H2,1H3,(H,23,25). The van der Waals surface area contributed by atoms with E-state index in [-0.39, 0.29) is 17.6 Å². The summed E-state index contributed by atoms with van der Waals surface area (Å²) in [7, 11) is 0. The number of nitriles is 1. The molecule has 0 aliphatic carbocycles. The second-order valence-corrected chi connectivity index (χ2v) is 6.23. The van der Waals surface area contributed by atoms with Gasteiger partial charge in [-0.2, -0.15) is 5.26 Å². The number of nitrogens with one attached hydrogen (secondary N) is 1. The first-order valence-corrected chi connectivity index (χ1v) is 8.25. The van der Waals surface area contributed by atoms with E-state index < -0.39 is 0 Å². The third kappa shape index (κ3) is 3.94. The molecule has 3 rings (SSSR count). The molecule has 2 heterocycles. The molecule has 1 saturated heterocycles. The molecule has 0 radical (unpaired) electrons. The first-order chi connectivity index (χ1) is 12.1. The number of pyridine rings is 1. The van der Waals surface area contributed by atoms with Crippen LogP contribution >= 0.6 is 0 Å². The molecule has 25 heavy (non-hydrogen) atoms. The summed E-state index contributed by atoms with van der Waals surface area (Å²) in [4.78, 5) is 18.8. The number of benzene rings is 1. The lowest BCUT2D eigenvalue weighted by Gasteiger charge is -2.32. The van der Waals surface area contributed by atoms with Crippen molar-refractivity contribution in [2.75, 3.05) is 23.3 Å². The van der Waals surface area contributed by atoms with E-state index in [2.05, 4.69) is 15.2 Å². The molecule has 5 nitrogen and oxygen atoms in total. The van der Waals surface area contributed by atoms with E-state index in [1.54, 1.807) is 31.3 Å². The summed E-state index contributed by atoms with van der Waals surface area (Å²) in [5.74, 6) is 0.327. The second kappa shape index (κ2) is 7.31. The highest BCUT2D eigenvalue weighted by atomic mass is 19.1. The number of carbonyl (C=O) groups excluding carboxylic acids is 1. The van der Waals surface area contributed by atoms with Crippen molar-refractivity contribution in [3.8, 4) is 6.07 Å². The van der Waals surface area contributed by atoms with Gasteiger partial charge in [0.1, 0.15) is 17.7 Å². The largest absolute Gasteiger partial charge is 0.357 e. The molecule has 1 aromatic heterocycles. The first kappa shape index (κ1) is 16.9. The van der Waals surface area contributed by atoms with Crippen LogP contribution in [-0.2, 0) is 4.79 Å². The minimum absolute atomic E-state index is 0.0734. The minimum Gasteiger partial charge on any atom is -0.357 e. The zero-order chi connectivity index (χ0) is 17.8. The van der Waals surface area contributed by atoms with Crippen molar-refractivity contribution in [1.82, 2.24) is 4.98 Å². The predicted octanol–water partition coefficient (Wildman–Crippen LogP) is 3.26. The van der Waals surface area contributed by atoms with Gasteiger partial charge in [-0.1, -0.05) is 6.07 Å². The number of aryl methyl sites for hydroxylation is 1. The fourth-order valence-corrected chi connectivity index (χ4v) is 2.92. The molecular formula is C19H19FN4O. The van der Waals surface area contributed by atoms with Gasteiger partial charge in [0, 0.05) is 30.9 Å². The maximum atomic E-state index is 13.6. The number of hydrogen-bond donors (Lipinski definition) is 1. The van der Waals surface area contributed by atoms with Crippen LogP contribution in [0.4, 0.5) is 15.9 Å². The van der Waals surface area contributed by atoms with Crippen molar-refractivity contribution in [3.63, 3.8) is 0 Å². The topological polar surface area (TPSA) is 69.0 Å². The summed E-state index contributed by atoms with van der Waals surface area (Å²) in [6.07, 6.45) is 2.98. The SMILES string of the molecule is Cc1ccc(NC(=O)C2CCN(c3ccc(C#N)cn3)CC2)cc1F. The Morgan fingerprint density at radius 3 is 2.68 bits per heavy atom. The number of halogens is 1. The van der Waals surface area contributed by atoms with Crippen LogP contribution in [-0.4, -0.2) is 24.0 Å². The highest BCUT2D eigenvalue weighted by Crippen LogP contribution is 2.23. The molecule has 0 unspecified atom stereocenters. The summed E-state index contributed by atoms with van der Waals surface area (Å²) < 4.78 is 13.6. The molecular weight excluding hydrogens is 319 g/mol. The average Bonchev–Trinajstić information content (AvgIpc) is 2.65. The summed E-state index contributed by atoms with van der Waals surface area (Å²) in [6, 6.07) is 10.3. The van der Waals surface area contributed by atoms with Crippen LogP contribution in [0.15, 0.2) is 36.5 Å². The number of nitrogens with zero attached hydrogens (tertiary/aromatic N) is 3. The summed E-state index contributed by atoms with van der Waals surface area (Å²) in [5, 5.41) is 11.6. The minimum atomic E-state index is -0.320. The lowest BCUT2D eigenvalue weighted by atomic mass is 9.95. The van der Waals surface area contributed by atoms with Crippen molar-refractivity contribution in [3.05, 3.63) is 53.5 Å². The van der Waals surface area contributed by atoms with Gasteiger partial charge < -0.3 is 10.2 Å². The van der Waals surface area contributed by atoms with Gasteiger partial charge in [-0.15, -0.1) is 0 Å². The van der Waals surface area contributed by atoms with Crippen LogP contribution in [0, 0.1) is 30.0 Å². The number of amides is 1. The molecule has 2 aromatic rings. The molecule has 0 spiro atoms. The molecule has 1 aliphatic heterocycles. The van der Waals surface area contributed by atoms with Gasteiger partial charge in [0.15, 0.2) is 0 Å². The van der Waals surface area contributed by atoms with Crippen molar-refractivity contribution < 1.29 is 9.18 Å². The Morgan fingerprint density at radius 1 is 1.32 bits per heavy atom. The number of hydrogen-bond acceptors (Lipinski definition) is 4. The Bertz CT molecular complexity index is 805. The highest BCUT2D eigenvalue weighted by molar-refractivity contribution is 5.92. The smallest absolute Gasteiger partial charge is 0.227 e. The maximum absolute atomic E-state index is 13.6. The Morgan fingerprint density at radius 2 is 2.08 bits per heavy atom. The van der Waals surface area contributed by atoms with Crippen LogP contribution in [0.5, 0.6) is 0 Å². The fraction of sp³-hybridized carbons (Fsp3) is 0.316. The van der Waals surface area contributed by atoms with Crippen molar-refractivity contribution in [2.24, 2.45) is 5.92 Å². The third-order valence-corrected chi connectivity index (χ3v) is 4.51. The van der Waals surface area contributed by atoms with E-state index in [1.165, 1.54) is 6.07 Å². The van der Waals surface area contributed by atoms with E-state index in [1.807, 2.05) is 12.1 Å². The number of piperidine rings is 1. The first-order valence-electron chi connectivity index (χ1n) is 8.25. The van der Waals surface area contributed by atoms with E-state index >= 15 is 0 Å². The van der Waals surface area contributed by atoms with Gasteiger partial charge in [0.25, 0.3) is 0 Å². The zero-order valence-electron chi connectivity index (χ0n) is 14.0. The molecule has 6 heteroatoms. The fourth-order valence-electron chi connectivity index (χ4n) is 2.92. The molecule has 1 amide bonds. The van der Waals surface area contributed by atoms with Gasteiger partial charge in [-0.05, 0) is 49.6 Å². The zero-order valence-corrected chi connectivity index (χ0v) is 14.0. The number of carbonyl (C=O) groups is 1. The van der Waals surface area contributed by atoms with E-state index in [0.29, 0.717) is 29.7 Å². The molecule has 128 valence electrons. The lowest BCUT2D eigenvalue weighted by molar-refractivity contribution is -0.120. The van der Waals surface area contributed by atoms with Gasteiger partial charge in [0.05, 0.1) is 5.56 Å². The molecule has 0 saturated carbocycles. The predicted molar refractivity (Wildman–Crippen MR) is 93.7 cm³/mol. The van der Waals surface area contributed by atoms with Gasteiger partial charge in [-0.3, -0.25) is 4.79 Å². The Labute approximate surface area is 146 Å². The van der Waals surface area contributed by atoms with Crippen molar-refractivity contribution in [1.29, 1.82) is 5.26 Å². The molecule has 1 aromatic carbocycles. The maximum Gasteiger partial charge on any atom is 0.227 e. The summed E-state index contributed by atoms with van der Waals surface area (Å²) in [6.45, 7) is 3.13. The normalized spacial score (nSPS) is 14.8. The summed E-state index contributed by atoms with van der Waals surface area (Å²) in [5.41, 5.74) is 1.58. The van der Waals surface area contributed by atoms with Gasteiger partial charge in [-0.25, -0.2) is 9.37 Å². The lowest BCUT2D eigenvalue weighted by Crippen LogP contribution is -2.38. The quantitative estimate of drug-likeness (QED) is 0.933. The molecule has 1 fully saturated rings. The van der Waals surface area contributed by atoms with Crippen molar-refractivity contribution in [2.45, 2.75) is 19.8 Å². The average molecular weight is 338 g/mol. The highest BCUT2D eigenvalue weighted by Gasteiger charge is 2.25. The van der Waals surface area contributed by atoms with Gasteiger partial charge in [0.2, 0.25) is 5.91 Å².